The molecule has 4 aromatic rings. The molecule has 35 heavy (non-hydrogen) atoms. The molecule has 4 rings (SSSR count). The fraction of sp³-hybridized carbons (Fsp3) is 0.207. The number of fused-ring (bicyclic) bond motifs is 1. The number of carboxylic acid groups (broad SMARTS) is 1. The smallest absolute Gasteiger partial charge is 0.335 e. The number of nitrogens with two attached hydrogens (primary N) is 1. The van der Waals surface area contributed by atoms with Crippen molar-refractivity contribution in [1.29, 1.82) is 10.7 Å². The lowest BCUT2D eigenvalue weighted by Gasteiger charge is -2.27. The van der Waals surface area contributed by atoms with Crippen LogP contribution in [0.4, 0.5) is 5.69 Å². The molecule has 0 spiro atoms. The van der Waals surface area contributed by atoms with E-state index in [1.165, 1.54) is 6.21 Å². The van der Waals surface area contributed by atoms with Crippen molar-refractivity contribution in [2.45, 2.75) is 39.2 Å². The molecule has 0 saturated carbocycles. The Morgan fingerprint density at radius 1 is 1.17 bits per heavy atom. The summed E-state index contributed by atoms with van der Waals surface area (Å²) in [6.45, 7) is 6.76. The third-order valence-electron chi connectivity index (χ3n) is 6.60. The Hall–Kier alpha value is -4.37. The van der Waals surface area contributed by atoms with Crippen LogP contribution >= 0.6 is 0 Å². The van der Waals surface area contributed by atoms with E-state index in [-0.39, 0.29) is 5.56 Å². The van der Waals surface area contributed by atoms with Gasteiger partial charge in [-0.15, -0.1) is 0 Å². The van der Waals surface area contributed by atoms with E-state index >= 15 is 0 Å². The summed E-state index contributed by atoms with van der Waals surface area (Å²) in [7, 11) is 0. The molecule has 0 atom stereocenters. The first-order chi connectivity index (χ1) is 16.7. The largest absolute Gasteiger partial charge is 0.478 e. The van der Waals surface area contributed by atoms with Crippen molar-refractivity contribution in [2.75, 3.05) is 5.73 Å². The summed E-state index contributed by atoms with van der Waals surface area (Å²) in [5, 5.41) is 27.8. The minimum absolute atomic E-state index is 0.209. The van der Waals surface area contributed by atoms with Gasteiger partial charge in [-0.2, -0.15) is 5.26 Å². The van der Waals surface area contributed by atoms with Crippen molar-refractivity contribution in [2.24, 2.45) is 0 Å². The number of aromatic nitrogens is 1. The number of aromatic carboxylic acids is 1. The summed E-state index contributed by atoms with van der Waals surface area (Å²) in [4.78, 5) is 11.4. The molecule has 0 aliphatic heterocycles. The van der Waals surface area contributed by atoms with Crippen molar-refractivity contribution in [1.82, 2.24) is 4.57 Å². The minimum atomic E-state index is -0.983. The predicted molar refractivity (Wildman–Crippen MR) is 140 cm³/mol. The predicted octanol–water partition coefficient (Wildman–Crippen LogP) is 6.13. The zero-order valence-corrected chi connectivity index (χ0v) is 20.1. The molecule has 1 heterocycles. The topological polar surface area (TPSA) is 116 Å². The summed E-state index contributed by atoms with van der Waals surface area (Å²) in [6, 6.07) is 21.2. The molecule has 0 aliphatic rings. The lowest BCUT2D eigenvalue weighted by molar-refractivity contribution is 0.0697. The fourth-order valence-corrected chi connectivity index (χ4v) is 4.73. The first-order valence-electron chi connectivity index (χ1n) is 11.4. The van der Waals surface area contributed by atoms with E-state index < -0.39 is 11.4 Å². The van der Waals surface area contributed by atoms with Crippen LogP contribution in [0.25, 0.3) is 22.0 Å². The molecule has 0 fully saturated rings. The number of carboxylic acids is 1. The van der Waals surface area contributed by atoms with E-state index in [1.807, 2.05) is 36.4 Å². The van der Waals surface area contributed by atoms with Crippen molar-refractivity contribution < 1.29 is 9.90 Å². The lowest BCUT2D eigenvalue weighted by atomic mass is 9.81. The van der Waals surface area contributed by atoms with Gasteiger partial charge in [-0.05, 0) is 47.9 Å². The van der Waals surface area contributed by atoms with Crippen LogP contribution in [0.15, 0.2) is 60.7 Å². The van der Waals surface area contributed by atoms with Gasteiger partial charge in [0.25, 0.3) is 0 Å². The zero-order valence-electron chi connectivity index (χ0n) is 20.1. The van der Waals surface area contributed by atoms with Crippen LogP contribution in [0, 0.1) is 23.7 Å². The summed E-state index contributed by atoms with van der Waals surface area (Å²) in [5.74, 6) is -0.983. The Morgan fingerprint density at radius 3 is 2.46 bits per heavy atom. The zero-order chi connectivity index (χ0) is 25.3. The number of benzene rings is 3. The fourth-order valence-electron chi connectivity index (χ4n) is 4.73. The SMILES string of the molecule is Cc1ccccc1Cn1c(C(C)(C)CC#N)c(-c2ccc(C(=O)O)cc2)c2cc(N)c(C=N)cc21. The van der Waals surface area contributed by atoms with E-state index in [9.17, 15) is 15.2 Å². The Balaban J connectivity index is 2.13. The van der Waals surface area contributed by atoms with E-state index in [4.69, 9.17) is 11.1 Å². The van der Waals surface area contributed by atoms with Gasteiger partial charge < -0.3 is 20.8 Å². The van der Waals surface area contributed by atoms with Crippen molar-refractivity contribution in [3.63, 3.8) is 0 Å². The van der Waals surface area contributed by atoms with Crippen LogP contribution in [0.1, 0.15) is 53.0 Å². The number of nitrogen functional groups attached to an aromatic ring is 1. The van der Waals surface area contributed by atoms with Crippen LogP contribution in [-0.4, -0.2) is 21.9 Å². The van der Waals surface area contributed by atoms with Gasteiger partial charge in [0.05, 0.1) is 11.6 Å². The number of carbonyl (C=O) groups is 1. The highest BCUT2D eigenvalue weighted by molar-refractivity contribution is 6.04. The molecule has 6 nitrogen and oxygen atoms in total. The number of nitrogens with zero attached hydrogens (tertiary/aromatic N) is 2. The molecular weight excluding hydrogens is 436 g/mol. The number of anilines is 1. The summed E-state index contributed by atoms with van der Waals surface area (Å²) in [5.41, 5.74) is 13.1. The second-order valence-corrected chi connectivity index (χ2v) is 9.48. The summed E-state index contributed by atoms with van der Waals surface area (Å²) in [6.07, 6.45) is 1.55. The average molecular weight is 465 g/mol. The number of hydrogen-bond donors (Lipinski definition) is 3. The van der Waals surface area contributed by atoms with Crippen LogP contribution < -0.4 is 5.73 Å². The monoisotopic (exact) mass is 464 g/mol. The van der Waals surface area contributed by atoms with Crippen molar-refractivity contribution in [3.05, 3.63) is 88.6 Å². The molecular formula is C29H28N4O2. The highest BCUT2D eigenvalue weighted by atomic mass is 16.4. The summed E-state index contributed by atoms with van der Waals surface area (Å²) < 4.78 is 2.22. The lowest BCUT2D eigenvalue weighted by Crippen LogP contribution is -2.23. The molecule has 0 radical (unpaired) electrons. The average Bonchev–Trinajstić information content (AvgIpc) is 3.13. The van der Waals surface area contributed by atoms with E-state index in [0.717, 1.165) is 38.9 Å². The molecule has 1 aromatic heterocycles. The highest BCUT2D eigenvalue weighted by Gasteiger charge is 2.32. The number of hydrogen-bond acceptors (Lipinski definition) is 4. The van der Waals surface area contributed by atoms with Gasteiger partial charge in [0.2, 0.25) is 0 Å². The second-order valence-electron chi connectivity index (χ2n) is 9.48. The van der Waals surface area contributed by atoms with Crippen molar-refractivity contribution >= 4 is 28.8 Å². The molecule has 0 bridgehead atoms. The Bertz CT molecular complexity index is 1490. The molecule has 4 N–H and O–H groups in total. The number of nitrogens with one attached hydrogen (secondary N) is 1. The second kappa shape index (κ2) is 9.11. The van der Waals surface area contributed by atoms with Gasteiger partial charge in [0.15, 0.2) is 0 Å². The van der Waals surface area contributed by atoms with Crippen LogP contribution in [-0.2, 0) is 12.0 Å². The number of aryl methyl sites for hydroxylation is 1. The normalized spacial score (nSPS) is 11.4. The molecule has 0 amide bonds. The minimum Gasteiger partial charge on any atom is -0.478 e. The van der Waals surface area contributed by atoms with Crippen molar-refractivity contribution in [3.8, 4) is 17.2 Å². The molecule has 176 valence electrons. The standard InChI is InChI=1S/C29H28N4O2/c1-18-6-4-5-7-21(18)17-33-25-14-22(16-31)24(32)15-23(25)26(27(33)29(2,3)12-13-30)19-8-10-20(11-9-19)28(34)35/h4-11,14-16,31H,12,17,32H2,1-3H3,(H,34,35). The Labute approximate surface area is 204 Å². The quantitative estimate of drug-likeness (QED) is 0.225. The Kier molecular flexibility index (Phi) is 6.19. The van der Waals surface area contributed by atoms with E-state index in [1.54, 1.807) is 12.1 Å². The number of rotatable bonds is 7. The maximum atomic E-state index is 11.4. The molecule has 6 heteroatoms. The van der Waals surface area contributed by atoms with Crippen LogP contribution in [0.2, 0.25) is 0 Å². The van der Waals surface area contributed by atoms with Gasteiger partial charge in [-0.25, -0.2) is 4.79 Å². The van der Waals surface area contributed by atoms with Gasteiger partial charge >= 0.3 is 5.97 Å². The third kappa shape index (κ3) is 4.29. The molecule has 0 saturated heterocycles. The molecule has 0 aliphatic carbocycles. The summed E-state index contributed by atoms with van der Waals surface area (Å²) >= 11 is 0. The van der Waals surface area contributed by atoms with Gasteiger partial charge in [0.1, 0.15) is 0 Å². The van der Waals surface area contributed by atoms with Gasteiger partial charge in [0, 0.05) is 58.0 Å². The first kappa shape index (κ1) is 23.8. The van der Waals surface area contributed by atoms with Gasteiger partial charge in [-0.3, -0.25) is 0 Å². The number of nitriles is 1. The first-order valence-corrected chi connectivity index (χ1v) is 11.4. The van der Waals surface area contributed by atoms with Gasteiger partial charge in [-0.1, -0.05) is 50.2 Å². The van der Waals surface area contributed by atoms with E-state index in [2.05, 4.69) is 43.5 Å². The maximum absolute atomic E-state index is 11.4. The van der Waals surface area contributed by atoms with Crippen LogP contribution in [0.5, 0.6) is 0 Å². The molecule has 3 aromatic carbocycles. The Morgan fingerprint density at radius 2 is 1.86 bits per heavy atom. The van der Waals surface area contributed by atoms with E-state index in [0.29, 0.717) is 24.2 Å². The molecule has 0 unspecified atom stereocenters. The van der Waals surface area contributed by atoms with Crippen LogP contribution in [0.3, 0.4) is 0 Å². The maximum Gasteiger partial charge on any atom is 0.335 e. The highest BCUT2D eigenvalue weighted by Crippen LogP contribution is 2.44. The third-order valence-corrected chi connectivity index (χ3v) is 6.60.